The van der Waals surface area contributed by atoms with Gasteiger partial charge in [0.15, 0.2) is 0 Å². The monoisotopic (exact) mass is 232 g/mol. The first kappa shape index (κ1) is 11.6. The standard InChI is InChI=1S/C13H16N2O2/c1-13(2,3)6-11-14-7-10-5-4-9(12(16)17)8-15(10)11/h4-5,7-8H,6H2,1-3H3,(H,16,17). The third-order valence-corrected chi connectivity index (χ3v) is 2.54. The molecule has 1 N–H and O–H groups in total. The molecule has 0 saturated carbocycles. The summed E-state index contributed by atoms with van der Waals surface area (Å²) in [4.78, 5) is 15.3. The van der Waals surface area contributed by atoms with Gasteiger partial charge in [0.05, 0.1) is 17.3 Å². The van der Waals surface area contributed by atoms with Crippen LogP contribution in [0.5, 0.6) is 0 Å². The molecule has 0 radical (unpaired) electrons. The molecule has 4 heteroatoms. The molecule has 0 amide bonds. The highest BCUT2D eigenvalue weighted by atomic mass is 16.4. The highest BCUT2D eigenvalue weighted by Gasteiger charge is 2.15. The van der Waals surface area contributed by atoms with E-state index in [-0.39, 0.29) is 11.0 Å². The zero-order chi connectivity index (χ0) is 12.6. The number of aromatic carboxylic acids is 1. The molecule has 0 saturated heterocycles. The van der Waals surface area contributed by atoms with Crippen molar-refractivity contribution < 1.29 is 9.90 Å². The van der Waals surface area contributed by atoms with Gasteiger partial charge in [0, 0.05) is 12.6 Å². The molecule has 0 fully saturated rings. The van der Waals surface area contributed by atoms with E-state index in [1.165, 1.54) is 0 Å². The molecule has 4 nitrogen and oxygen atoms in total. The van der Waals surface area contributed by atoms with Gasteiger partial charge in [-0.05, 0) is 17.5 Å². The van der Waals surface area contributed by atoms with Crippen molar-refractivity contribution in [3.8, 4) is 0 Å². The summed E-state index contributed by atoms with van der Waals surface area (Å²) in [5, 5.41) is 8.97. The molecule has 2 aromatic rings. The van der Waals surface area contributed by atoms with Crippen LogP contribution in [0.4, 0.5) is 0 Å². The molecule has 0 aliphatic heterocycles. The van der Waals surface area contributed by atoms with Crippen LogP contribution in [0, 0.1) is 5.41 Å². The Bertz CT molecular complexity index is 564. The average Bonchev–Trinajstić information content (AvgIpc) is 2.58. The van der Waals surface area contributed by atoms with E-state index < -0.39 is 5.97 Å². The molecule has 0 aliphatic carbocycles. The fourth-order valence-corrected chi connectivity index (χ4v) is 1.78. The number of carboxylic acids is 1. The van der Waals surface area contributed by atoms with E-state index in [2.05, 4.69) is 25.8 Å². The van der Waals surface area contributed by atoms with E-state index >= 15 is 0 Å². The van der Waals surface area contributed by atoms with Crippen LogP contribution in [0.1, 0.15) is 37.0 Å². The Labute approximate surface area is 99.9 Å². The average molecular weight is 232 g/mol. The van der Waals surface area contributed by atoms with Gasteiger partial charge < -0.3 is 9.51 Å². The second-order valence-electron chi connectivity index (χ2n) is 5.43. The number of hydrogen-bond acceptors (Lipinski definition) is 2. The molecule has 90 valence electrons. The summed E-state index contributed by atoms with van der Waals surface area (Å²) in [5.41, 5.74) is 1.33. The minimum atomic E-state index is -0.915. The highest BCUT2D eigenvalue weighted by Crippen LogP contribution is 2.21. The van der Waals surface area contributed by atoms with Crippen LogP contribution < -0.4 is 0 Å². The molecule has 2 rings (SSSR count). The van der Waals surface area contributed by atoms with Crippen molar-refractivity contribution in [2.75, 3.05) is 0 Å². The molecule has 0 unspecified atom stereocenters. The minimum absolute atomic E-state index is 0.126. The Kier molecular flexibility index (Phi) is 2.65. The van der Waals surface area contributed by atoms with Gasteiger partial charge in [-0.3, -0.25) is 0 Å². The van der Waals surface area contributed by atoms with E-state index in [1.54, 1.807) is 24.5 Å². The van der Waals surface area contributed by atoms with Gasteiger partial charge in [0.25, 0.3) is 0 Å². The van der Waals surface area contributed by atoms with Crippen LogP contribution in [0.15, 0.2) is 24.5 Å². The lowest BCUT2D eigenvalue weighted by Crippen LogP contribution is -2.12. The third-order valence-electron chi connectivity index (χ3n) is 2.54. The van der Waals surface area contributed by atoms with Crippen molar-refractivity contribution in [2.45, 2.75) is 27.2 Å². The summed E-state index contributed by atoms with van der Waals surface area (Å²) in [6.45, 7) is 6.40. The van der Waals surface area contributed by atoms with Crippen LogP contribution in [0.3, 0.4) is 0 Å². The number of aromatic nitrogens is 2. The van der Waals surface area contributed by atoms with E-state index in [1.807, 2.05) is 4.40 Å². The molecule has 2 heterocycles. The fraction of sp³-hybridized carbons (Fsp3) is 0.385. The molecular formula is C13H16N2O2. The lowest BCUT2D eigenvalue weighted by Gasteiger charge is -2.16. The summed E-state index contributed by atoms with van der Waals surface area (Å²) in [6.07, 6.45) is 4.21. The summed E-state index contributed by atoms with van der Waals surface area (Å²) in [7, 11) is 0. The molecular weight excluding hydrogens is 216 g/mol. The van der Waals surface area contributed by atoms with Gasteiger partial charge in [0.1, 0.15) is 5.82 Å². The minimum Gasteiger partial charge on any atom is -0.478 e. The molecule has 0 aromatic carbocycles. The first-order valence-corrected chi connectivity index (χ1v) is 5.56. The normalized spacial score (nSPS) is 11.9. The van der Waals surface area contributed by atoms with Crippen LogP contribution in [0.2, 0.25) is 0 Å². The second-order valence-corrected chi connectivity index (χ2v) is 5.43. The summed E-state index contributed by atoms with van der Waals surface area (Å²) in [6, 6.07) is 3.38. The molecule has 0 atom stereocenters. The second kappa shape index (κ2) is 3.87. The first-order valence-electron chi connectivity index (χ1n) is 5.56. The summed E-state index contributed by atoms with van der Waals surface area (Å²) < 4.78 is 1.86. The Morgan fingerprint density at radius 3 is 2.71 bits per heavy atom. The Morgan fingerprint density at radius 1 is 1.41 bits per heavy atom. The van der Waals surface area contributed by atoms with Crippen molar-refractivity contribution in [2.24, 2.45) is 5.41 Å². The van der Waals surface area contributed by atoms with E-state index in [0.717, 1.165) is 17.8 Å². The number of hydrogen-bond donors (Lipinski definition) is 1. The predicted molar refractivity (Wildman–Crippen MR) is 65.3 cm³/mol. The maximum absolute atomic E-state index is 10.9. The number of carboxylic acid groups (broad SMARTS) is 1. The largest absolute Gasteiger partial charge is 0.478 e. The molecule has 2 aromatic heterocycles. The van der Waals surface area contributed by atoms with Crippen molar-refractivity contribution in [3.63, 3.8) is 0 Å². The SMILES string of the molecule is CC(C)(C)Cc1ncc2ccc(C(=O)O)cn12. The number of rotatable bonds is 2. The van der Waals surface area contributed by atoms with Gasteiger partial charge >= 0.3 is 5.97 Å². The zero-order valence-corrected chi connectivity index (χ0v) is 10.3. The topological polar surface area (TPSA) is 54.6 Å². The van der Waals surface area contributed by atoms with Crippen LogP contribution >= 0.6 is 0 Å². The summed E-state index contributed by atoms with van der Waals surface area (Å²) >= 11 is 0. The zero-order valence-electron chi connectivity index (χ0n) is 10.3. The molecule has 0 bridgehead atoms. The lowest BCUT2D eigenvalue weighted by molar-refractivity contribution is 0.0696. The number of fused-ring (bicyclic) bond motifs is 1. The van der Waals surface area contributed by atoms with Gasteiger partial charge in [-0.25, -0.2) is 9.78 Å². The number of pyridine rings is 1. The van der Waals surface area contributed by atoms with Crippen LogP contribution in [-0.2, 0) is 6.42 Å². The smallest absolute Gasteiger partial charge is 0.337 e. The van der Waals surface area contributed by atoms with Gasteiger partial charge in [0.2, 0.25) is 0 Å². The number of carbonyl (C=O) groups is 1. The Hall–Kier alpha value is -1.84. The lowest BCUT2D eigenvalue weighted by atomic mass is 9.92. The van der Waals surface area contributed by atoms with Gasteiger partial charge in [-0.1, -0.05) is 20.8 Å². The Morgan fingerprint density at radius 2 is 2.12 bits per heavy atom. The van der Waals surface area contributed by atoms with Crippen molar-refractivity contribution in [1.82, 2.24) is 9.38 Å². The number of nitrogens with zero attached hydrogens (tertiary/aromatic N) is 2. The van der Waals surface area contributed by atoms with Gasteiger partial charge in [-0.15, -0.1) is 0 Å². The molecule has 0 aliphatic rings. The maximum Gasteiger partial charge on any atom is 0.337 e. The van der Waals surface area contributed by atoms with Gasteiger partial charge in [-0.2, -0.15) is 0 Å². The van der Waals surface area contributed by atoms with E-state index in [4.69, 9.17) is 5.11 Å². The van der Waals surface area contributed by atoms with E-state index in [9.17, 15) is 4.79 Å². The molecule has 0 spiro atoms. The number of imidazole rings is 1. The van der Waals surface area contributed by atoms with Crippen LogP contribution in [-0.4, -0.2) is 20.5 Å². The Balaban J connectivity index is 2.50. The van der Waals surface area contributed by atoms with Crippen molar-refractivity contribution in [1.29, 1.82) is 0 Å². The van der Waals surface area contributed by atoms with E-state index in [0.29, 0.717) is 0 Å². The first-order chi connectivity index (χ1) is 7.87. The van der Waals surface area contributed by atoms with Crippen molar-refractivity contribution in [3.05, 3.63) is 35.9 Å². The third kappa shape index (κ3) is 2.46. The molecule has 17 heavy (non-hydrogen) atoms. The fourth-order valence-electron chi connectivity index (χ4n) is 1.78. The quantitative estimate of drug-likeness (QED) is 0.866. The predicted octanol–water partition coefficient (Wildman–Crippen LogP) is 2.62. The van der Waals surface area contributed by atoms with Crippen LogP contribution in [0.25, 0.3) is 5.52 Å². The maximum atomic E-state index is 10.9. The van der Waals surface area contributed by atoms with Crippen molar-refractivity contribution >= 4 is 11.5 Å². The summed E-state index contributed by atoms with van der Waals surface area (Å²) in [5.74, 6) is -0.0158. The highest BCUT2D eigenvalue weighted by molar-refractivity contribution is 5.87.